The molecule has 1 aromatic heterocycles. The van der Waals surface area contributed by atoms with Crippen molar-refractivity contribution < 1.29 is 22.7 Å². The zero-order chi connectivity index (χ0) is 18.7. The molecule has 26 heavy (non-hydrogen) atoms. The van der Waals surface area contributed by atoms with E-state index in [1.54, 1.807) is 12.1 Å². The van der Waals surface area contributed by atoms with Crippen LogP contribution in [0.2, 0.25) is 0 Å². The molecule has 2 aromatic carbocycles. The topological polar surface area (TPSA) is 59.2 Å². The van der Waals surface area contributed by atoms with Crippen LogP contribution in [0.1, 0.15) is 28.7 Å². The fourth-order valence-electron chi connectivity index (χ4n) is 2.46. The Balaban J connectivity index is 1.87. The molecular weight excluding hydrogens is 369 g/mol. The zero-order valence-corrected chi connectivity index (χ0v) is 14.1. The summed E-state index contributed by atoms with van der Waals surface area (Å²) in [5, 5.41) is 17.4. The number of nitrogens with zero attached hydrogens (tertiary/aromatic N) is 2. The van der Waals surface area contributed by atoms with Gasteiger partial charge in [0.15, 0.2) is 0 Å². The van der Waals surface area contributed by atoms with E-state index in [4.69, 9.17) is 16.0 Å². The first kappa shape index (κ1) is 18.4. The Labute approximate surface area is 152 Å². The summed E-state index contributed by atoms with van der Waals surface area (Å²) in [6, 6.07) is 12.2. The van der Waals surface area contributed by atoms with Gasteiger partial charge in [-0.15, -0.1) is 21.8 Å². The molecule has 8 heteroatoms. The molecule has 0 spiro atoms. The molecule has 136 valence electrons. The van der Waals surface area contributed by atoms with Crippen LogP contribution >= 0.6 is 11.6 Å². The van der Waals surface area contributed by atoms with Crippen LogP contribution in [-0.2, 0) is 12.6 Å². The van der Waals surface area contributed by atoms with Gasteiger partial charge in [-0.05, 0) is 35.7 Å². The van der Waals surface area contributed by atoms with E-state index in [1.165, 1.54) is 12.1 Å². The van der Waals surface area contributed by atoms with Crippen LogP contribution in [-0.4, -0.2) is 21.2 Å². The minimum atomic E-state index is -4.36. The molecule has 0 aliphatic carbocycles. The van der Waals surface area contributed by atoms with E-state index in [2.05, 4.69) is 10.2 Å². The van der Waals surface area contributed by atoms with Crippen molar-refractivity contribution in [2.24, 2.45) is 0 Å². The first-order chi connectivity index (χ1) is 12.4. The minimum absolute atomic E-state index is 0.0133. The maximum absolute atomic E-state index is 12.7. The second-order valence-electron chi connectivity index (χ2n) is 5.64. The van der Waals surface area contributed by atoms with Gasteiger partial charge in [0.05, 0.1) is 11.4 Å². The van der Waals surface area contributed by atoms with Gasteiger partial charge in [-0.2, -0.15) is 13.2 Å². The summed E-state index contributed by atoms with van der Waals surface area (Å²) in [6.45, 7) is 0. The summed E-state index contributed by atoms with van der Waals surface area (Å²) in [4.78, 5) is 0. The monoisotopic (exact) mass is 382 g/mol. The standard InChI is InChI=1S/C18H14ClF3N2O2/c19-10-15(25)17-24-23-16(26-17)14-4-2-1-3-12(14)9-11-5-7-13(8-6-11)18(20,21)22/h1-8,15,25H,9-10H2. The van der Waals surface area contributed by atoms with Crippen LogP contribution in [0.4, 0.5) is 13.2 Å². The molecule has 0 fully saturated rings. The Bertz CT molecular complexity index is 879. The van der Waals surface area contributed by atoms with Gasteiger partial charge in [-0.3, -0.25) is 0 Å². The smallest absolute Gasteiger partial charge is 0.416 e. The molecule has 4 nitrogen and oxygen atoms in total. The number of aliphatic hydroxyl groups is 1. The molecule has 0 radical (unpaired) electrons. The quantitative estimate of drug-likeness (QED) is 0.654. The lowest BCUT2D eigenvalue weighted by Crippen LogP contribution is -2.04. The molecule has 1 heterocycles. The van der Waals surface area contributed by atoms with E-state index in [-0.39, 0.29) is 17.7 Å². The van der Waals surface area contributed by atoms with Gasteiger partial charge in [0.1, 0.15) is 6.10 Å². The van der Waals surface area contributed by atoms with E-state index >= 15 is 0 Å². The molecule has 1 unspecified atom stereocenters. The molecule has 3 aromatic rings. The number of hydrogen-bond acceptors (Lipinski definition) is 4. The highest BCUT2D eigenvalue weighted by Crippen LogP contribution is 2.30. The van der Waals surface area contributed by atoms with E-state index in [1.807, 2.05) is 12.1 Å². The number of alkyl halides is 4. The fourth-order valence-corrected chi connectivity index (χ4v) is 2.59. The van der Waals surface area contributed by atoms with E-state index in [0.717, 1.165) is 17.7 Å². The molecule has 0 aliphatic rings. The minimum Gasteiger partial charge on any atom is -0.418 e. The molecule has 0 aliphatic heterocycles. The van der Waals surface area contributed by atoms with Crippen LogP contribution in [0.25, 0.3) is 11.5 Å². The number of aliphatic hydroxyl groups excluding tert-OH is 1. The van der Waals surface area contributed by atoms with Crippen molar-refractivity contribution in [1.82, 2.24) is 10.2 Å². The molecule has 0 amide bonds. The molecule has 3 rings (SSSR count). The molecule has 0 bridgehead atoms. The summed E-state index contributed by atoms with van der Waals surface area (Å²) in [7, 11) is 0. The lowest BCUT2D eigenvalue weighted by Gasteiger charge is -2.09. The van der Waals surface area contributed by atoms with Gasteiger partial charge < -0.3 is 9.52 Å². The highest BCUT2D eigenvalue weighted by molar-refractivity contribution is 6.18. The van der Waals surface area contributed by atoms with E-state index < -0.39 is 17.8 Å². The SMILES string of the molecule is OC(CCl)c1nnc(-c2ccccc2Cc2ccc(C(F)(F)F)cc2)o1. The second kappa shape index (κ2) is 7.47. The number of benzene rings is 2. The molecule has 0 saturated carbocycles. The van der Waals surface area contributed by atoms with Crippen molar-refractivity contribution in [3.05, 3.63) is 71.1 Å². The van der Waals surface area contributed by atoms with Crippen LogP contribution in [0.5, 0.6) is 0 Å². The predicted molar refractivity (Wildman–Crippen MR) is 89.7 cm³/mol. The molecule has 1 atom stereocenters. The Hall–Kier alpha value is -2.38. The van der Waals surface area contributed by atoms with Gasteiger partial charge in [-0.25, -0.2) is 0 Å². The lowest BCUT2D eigenvalue weighted by molar-refractivity contribution is -0.137. The number of aromatic nitrogens is 2. The Morgan fingerprint density at radius 3 is 2.38 bits per heavy atom. The van der Waals surface area contributed by atoms with Crippen molar-refractivity contribution in [2.75, 3.05) is 5.88 Å². The second-order valence-corrected chi connectivity index (χ2v) is 5.95. The Morgan fingerprint density at radius 1 is 1.04 bits per heavy atom. The largest absolute Gasteiger partial charge is 0.418 e. The fraction of sp³-hybridized carbons (Fsp3) is 0.222. The lowest BCUT2D eigenvalue weighted by atomic mass is 9.99. The van der Waals surface area contributed by atoms with E-state index in [0.29, 0.717) is 17.5 Å². The molecular formula is C18H14ClF3N2O2. The summed E-state index contributed by atoms with van der Waals surface area (Å²) in [5.74, 6) is 0.153. The first-order valence-corrected chi connectivity index (χ1v) is 8.24. The number of halogens is 4. The van der Waals surface area contributed by atoms with Crippen molar-refractivity contribution in [3.8, 4) is 11.5 Å². The maximum atomic E-state index is 12.7. The third kappa shape index (κ3) is 4.05. The third-order valence-electron chi connectivity index (χ3n) is 3.80. The van der Waals surface area contributed by atoms with Gasteiger partial charge in [-0.1, -0.05) is 30.3 Å². The average molecular weight is 383 g/mol. The zero-order valence-electron chi connectivity index (χ0n) is 13.4. The van der Waals surface area contributed by atoms with Crippen molar-refractivity contribution in [2.45, 2.75) is 18.7 Å². The summed E-state index contributed by atoms with van der Waals surface area (Å²) in [5.41, 5.74) is 1.48. The van der Waals surface area contributed by atoms with Crippen LogP contribution in [0.3, 0.4) is 0 Å². The Morgan fingerprint density at radius 2 is 1.73 bits per heavy atom. The average Bonchev–Trinajstić information content (AvgIpc) is 3.11. The van der Waals surface area contributed by atoms with Crippen molar-refractivity contribution in [3.63, 3.8) is 0 Å². The maximum Gasteiger partial charge on any atom is 0.416 e. The number of rotatable bonds is 5. The summed E-state index contributed by atoms with van der Waals surface area (Å²) in [6.07, 6.45) is -5.02. The molecule has 0 saturated heterocycles. The van der Waals surface area contributed by atoms with Gasteiger partial charge in [0.25, 0.3) is 0 Å². The van der Waals surface area contributed by atoms with Crippen molar-refractivity contribution >= 4 is 11.6 Å². The van der Waals surface area contributed by atoms with Crippen LogP contribution < -0.4 is 0 Å². The van der Waals surface area contributed by atoms with Gasteiger partial charge >= 0.3 is 6.18 Å². The normalized spacial score (nSPS) is 13.0. The predicted octanol–water partition coefficient (Wildman–Crippen LogP) is 4.62. The number of hydrogen-bond donors (Lipinski definition) is 1. The van der Waals surface area contributed by atoms with Crippen LogP contribution in [0.15, 0.2) is 52.9 Å². The van der Waals surface area contributed by atoms with Gasteiger partial charge in [0.2, 0.25) is 11.8 Å². The Kier molecular flexibility index (Phi) is 5.29. The highest BCUT2D eigenvalue weighted by atomic mass is 35.5. The van der Waals surface area contributed by atoms with Crippen LogP contribution in [0, 0.1) is 0 Å². The summed E-state index contributed by atoms with van der Waals surface area (Å²) >= 11 is 5.57. The molecule has 1 N–H and O–H groups in total. The van der Waals surface area contributed by atoms with Crippen molar-refractivity contribution in [1.29, 1.82) is 0 Å². The van der Waals surface area contributed by atoms with E-state index in [9.17, 15) is 18.3 Å². The third-order valence-corrected chi connectivity index (χ3v) is 4.09. The highest BCUT2D eigenvalue weighted by Gasteiger charge is 2.30. The van der Waals surface area contributed by atoms with Gasteiger partial charge in [0, 0.05) is 5.56 Å². The first-order valence-electron chi connectivity index (χ1n) is 7.70. The summed E-state index contributed by atoms with van der Waals surface area (Å²) < 4.78 is 43.5.